The number of hydrogen-bond donors (Lipinski definition) is 2. The van der Waals surface area contributed by atoms with Crippen LogP contribution in [0.1, 0.15) is 27.7 Å². The molecule has 0 saturated carbocycles. The lowest BCUT2D eigenvalue weighted by molar-refractivity contribution is -0.144. The van der Waals surface area contributed by atoms with Gasteiger partial charge in [0.25, 0.3) is 14.2 Å². The Bertz CT molecular complexity index is 1130. The van der Waals surface area contributed by atoms with Crippen molar-refractivity contribution in [1.82, 2.24) is 9.97 Å². The first-order chi connectivity index (χ1) is 17.1. The Labute approximate surface area is 217 Å². The Morgan fingerprint density at radius 3 is 2.08 bits per heavy atom. The average Bonchev–Trinajstić information content (AvgIpc) is 2.85. The molecule has 0 atom stereocenters. The number of hydrogen-bond acceptors (Lipinski definition) is 7. The number of carbonyl (C=O) groups is 2. The van der Waals surface area contributed by atoms with Crippen molar-refractivity contribution in [3.05, 3.63) is 72.1 Å². The fourth-order valence-corrected chi connectivity index (χ4v) is 8.83. The van der Waals surface area contributed by atoms with Crippen molar-refractivity contribution >= 4 is 53.7 Å². The molecule has 10 heteroatoms. The number of amides is 1. The van der Waals surface area contributed by atoms with Gasteiger partial charge in [-0.1, -0.05) is 93.0 Å². The molecule has 3 aromatic rings. The van der Waals surface area contributed by atoms with Crippen molar-refractivity contribution in [3.8, 4) is 0 Å². The number of carbonyl (C=O) groups excluding carboxylic acids is 2. The maximum atomic E-state index is 12.2. The van der Waals surface area contributed by atoms with E-state index in [1.54, 1.807) is 0 Å². The van der Waals surface area contributed by atoms with E-state index in [1.807, 2.05) is 36.4 Å². The van der Waals surface area contributed by atoms with E-state index in [0.717, 1.165) is 0 Å². The van der Waals surface area contributed by atoms with Gasteiger partial charge in [-0.3, -0.25) is 9.59 Å². The molecular formula is C26H31ClN4O4Si. The first kappa shape index (κ1) is 27.3. The fourth-order valence-electron chi connectivity index (χ4n) is 4.09. The SMILES string of the molecule is CC(=O)OCC(=O)Nc1c(Cl)ncnc1NCCO[Si](c1ccccc1)(c1ccccc1)C(C)(C)C. The summed E-state index contributed by atoms with van der Waals surface area (Å²) in [5.74, 6) is -0.759. The van der Waals surface area contributed by atoms with Crippen molar-refractivity contribution in [3.63, 3.8) is 0 Å². The molecule has 0 fully saturated rings. The number of halogens is 1. The predicted molar refractivity (Wildman–Crippen MR) is 144 cm³/mol. The lowest BCUT2D eigenvalue weighted by Gasteiger charge is -2.43. The third-order valence-corrected chi connectivity index (χ3v) is 10.9. The Balaban J connectivity index is 1.80. The summed E-state index contributed by atoms with van der Waals surface area (Å²) < 4.78 is 11.6. The number of ether oxygens (including phenoxy) is 1. The minimum absolute atomic E-state index is 0.0663. The quantitative estimate of drug-likeness (QED) is 0.180. The number of aromatic nitrogens is 2. The summed E-state index contributed by atoms with van der Waals surface area (Å²) in [6.45, 7) is 8.23. The molecule has 2 aromatic carbocycles. The van der Waals surface area contributed by atoms with Crippen LogP contribution in [0.15, 0.2) is 67.0 Å². The van der Waals surface area contributed by atoms with Crippen LogP contribution >= 0.6 is 11.6 Å². The lowest BCUT2D eigenvalue weighted by atomic mass is 10.2. The minimum atomic E-state index is -2.68. The van der Waals surface area contributed by atoms with Gasteiger partial charge in [-0.05, 0) is 15.4 Å². The lowest BCUT2D eigenvalue weighted by Crippen LogP contribution is -2.66. The van der Waals surface area contributed by atoms with E-state index in [-0.39, 0.29) is 15.9 Å². The molecule has 0 unspecified atom stereocenters. The molecule has 0 aliphatic heterocycles. The van der Waals surface area contributed by atoms with Crippen LogP contribution in [-0.2, 0) is 18.8 Å². The van der Waals surface area contributed by atoms with Gasteiger partial charge in [0.1, 0.15) is 12.0 Å². The van der Waals surface area contributed by atoms with Crippen molar-refractivity contribution < 1.29 is 18.8 Å². The van der Waals surface area contributed by atoms with Crippen LogP contribution in [0.5, 0.6) is 0 Å². The molecule has 1 heterocycles. The van der Waals surface area contributed by atoms with E-state index in [9.17, 15) is 9.59 Å². The number of nitrogens with zero attached hydrogens (tertiary/aromatic N) is 2. The van der Waals surface area contributed by atoms with E-state index in [0.29, 0.717) is 19.0 Å². The molecule has 0 aliphatic rings. The Morgan fingerprint density at radius 2 is 1.56 bits per heavy atom. The highest BCUT2D eigenvalue weighted by Gasteiger charge is 2.49. The Kier molecular flexibility index (Phi) is 9.19. The van der Waals surface area contributed by atoms with Crippen molar-refractivity contribution in [2.75, 3.05) is 30.4 Å². The molecule has 2 N–H and O–H groups in total. The summed E-state index contributed by atoms with van der Waals surface area (Å²) in [5, 5.41) is 8.08. The normalized spacial score (nSPS) is 11.6. The van der Waals surface area contributed by atoms with E-state index in [4.69, 9.17) is 20.8 Å². The number of esters is 1. The van der Waals surface area contributed by atoms with Crippen LogP contribution in [0, 0.1) is 0 Å². The van der Waals surface area contributed by atoms with E-state index in [2.05, 4.69) is 65.6 Å². The molecular weight excluding hydrogens is 496 g/mol. The van der Waals surface area contributed by atoms with Gasteiger partial charge < -0.3 is 19.8 Å². The zero-order valence-electron chi connectivity index (χ0n) is 20.9. The van der Waals surface area contributed by atoms with Gasteiger partial charge in [0.2, 0.25) is 0 Å². The molecule has 3 rings (SSSR count). The fraction of sp³-hybridized carbons (Fsp3) is 0.308. The first-order valence-corrected chi connectivity index (χ1v) is 13.9. The number of anilines is 2. The largest absolute Gasteiger partial charge is 0.456 e. The van der Waals surface area contributed by atoms with Gasteiger partial charge in [0.15, 0.2) is 17.6 Å². The molecule has 0 spiro atoms. The Morgan fingerprint density at radius 1 is 0.972 bits per heavy atom. The molecule has 0 aliphatic carbocycles. The third-order valence-electron chi connectivity index (χ3n) is 5.60. The summed E-state index contributed by atoms with van der Waals surface area (Å²) in [7, 11) is -2.68. The van der Waals surface area contributed by atoms with Gasteiger partial charge in [-0.25, -0.2) is 9.97 Å². The monoisotopic (exact) mass is 526 g/mol. The van der Waals surface area contributed by atoms with Gasteiger partial charge in [0.05, 0.1) is 6.61 Å². The third kappa shape index (κ3) is 6.48. The number of benzene rings is 2. The zero-order chi connectivity index (χ0) is 26.2. The van der Waals surface area contributed by atoms with Crippen molar-refractivity contribution in [2.45, 2.75) is 32.7 Å². The van der Waals surface area contributed by atoms with Gasteiger partial charge in [0, 0.05) is 13.5 Å². The highest BCUT2D eigenvalue weighted by Crippen LogP contribution is 2.36. The van der Waals surface area contributed by atoms with Gasteiger partial charge in [-0.2, -0.15) is 0 Å². The minimum Gasteiger partial charge on any atom is -0.456 e. The first-order valence-electron chi connectivity index (χ1n) is 11.6. The second-order valence-corrected chi connectivity index (χ2v) is 13.8. The Hall–Kier alpha value is -3.27. The molecule has 1 aromatic heterocycles. The second kappa shape index (κ2) is 12.1. The van der Waals surface area contributed by atoms with Crippen LogP contribution in [0.2, 0.25) is 10.2 Å². The average molecular weight is 527 g/mol. The maximum absolute atomic E-state index is 12.2. The molecule has 8 nitrogen and oxygen atoms in total. The molecule has 190 valence electrons. The zero-order valence-corrected chi connectivity index (χ0v) is 22.6. The van der Waals surface area contributed by atoms with Crippen LogP contribution in [0.25, 0.3) is 0 Å². The highest BCUT2D eigenvalue weighted by molar-refractivity contribution is 6.99. The molecule has 0 radical (unpaired) electrons. The highest BCUT2D eigenvalue weighted by atomic mass is 35.5. The number of nitrogens with one attached hydrogen (secondary N) is 2. The predicted octanol–water partition coefficient (Wildman–Crippen LogP) is 3.62. The summed E-state index contributed by atoms with van der Waals surface area (Å²) in [6, 6.07) is 20.7. The van der Waals surface area contributed by atoms with E-state index < -0.39 is 26.8 Å². The van der Waals surface area contributed by atoms with Gasteiger partial charge in [-0.15, -0.1) is 0 Å². The topological polar surface area (TPSA) is 102 Å². The maximum Gasteiger partial charge on any atom is 0.303 e. The summed E-state index contributed by atoms with van der Waals surface area (Å²) in [4.78, 5) is 31.3. The van der Waals surface area contributed by atoms with E-state index >= 15 is 0 Å². The summed E-state index contributed by atoms with van der Waals surface area (Å²) >= 11 is 6.20. The van der Waals surface area contributed by atoms with Crippen molar-refractivity contribution in [2.24, 2.45) is 0 Å². The van der Waals surface area contributed by atoms with Gasteiger partial charge >= 0.3 is 5.97 Å². The number of rotatable bonds is 10. The molecule has 0 saturated heterocycles. The van der Waals surface area contributed by atoms with Crippen LogP contribution in [0.3, 0.4) is 0 Å². The van der Waals surface area contributed by atoms with Crippen molar-refractivity contribution in [1.29, 1.82) is 0 Å². The molecule has 0 bridgehead atoms. The summed E-state index contributed by atoms with van der Waals surface area (Å²) in [5.41, 5.74) is 0.210. The van der Waals surface area contributed by atoms with Crippen LogP contribution in [-0.4, -0.2) is 49.9 Å². The molecule has 36 heavy (non-hydrogen) atoms. The second-order valence-electron chi connectivity index (χ2n) is 9.15. The summed E-state index contributed by atoms with van der Waals surface area (Å²) in [6.07, 6.45) is 1.30. The van der Waals surface area contributed by atoms with E-state index in [1.165, 1.54) is 23.6 Å². The van der Waals surface area contributed by atoms with Crippen LogP contribution in [0.4, 0.5) is 11.5 Å². The standard InChI is InChI=1S/C26H31ClN4O4Si/c1-19(32)34-17-22(33)31-23-24(27)29-18-30-25(23)28-15-16-35-36(26(2,3)4,20-11-7-5-8-12-20)21-13-9-6-10-14-21/h5-14,18H,15-17H2,1-4H3,(H,31,33)(H,28,29,30). The molecule has 1 amide bonds. The van der Waals surface area contributed by atoms with Crippen LogP contribution < -0.4 is 21.0 Å². The smallest absolute Gasteiger partial charge is 0.303 e.